The number of rotatable bonds is 5. The Kier molecular flexibility index (Phi) is 3.99. The summed E-state index contributed by atoms with van der Waals surface area (Å²) in [6, 6.07) is -1.07. The van der Waals surface area contributed by atoms with Crippen molar-refractivity contribution in [3.8, 4) is 6.01 Å². The van der Waals surface area contributed by atoms with Crippen LogP contribution in [0.2, 0.25) is 5.28 Å². The molecule has 9 nitrogen and oxygen atoms in total. The van der Waals surface area contributed by atoms with Gasteiger partial charge < -0.3 is 15.2 Å². The standard InChI is InChI=1S/C10H11ClN6O3/c1-17-4-5(3-12-17)6(7(18)19)13-9-14-8(11)15-10(16-9)20-2/h3-4,6H,1-2H3,(H,18,19)(H,13,14,15,16). The van der Waals surface area contributed by atoms with Crippen LogP contribution < -0.4 is 10.1 Å². The Morgan fingerprint density at radius 3 is 2.80 bits per heavy atom. The zero-order valence-electron chi connectivity index (χ0n) is 10.6. The van der Waals surface area contributed by atoms with E-state index in [4.69, 9.17) is 16.3 Å². The molecule has 2 N–H and O–H groups in total. The number of aliphatic carboxylic acids is 1. The van der Waals surface area contributed by atoms with Gasteiger partial charge >= 0.3 is 12.0 Å². The average molecular weight is 299 g/mol. The van der Waals surface area contributed by atoms with Crippen LogP contribution in [0.1, 0.15) is 11.6 Å². The summed E-state index contributed by atoms with van der Waals surface area (Å²) in [6.07, 6.45) is 3.01. The summed E-state index contributed by atoms with van der Waals surface area (Å²) in [7, 11) is 3.05. The van der Waals surface area contributed by atoms with Gasteiger partial charge in [0.25, 0.3) is 0 Å². The van der Waals surface area contributed by atoms with Gasteiger partial charge in [0.05, 0.1) is 13.3 Å². The number of aryl methyl sites for hydroxylation is 1. The second-order valence-corrected chi connectivity index (χ2v) is 4.12. The fourth-order valence-corrected chi connectivity index (χ4v) is 1.65. The van der Waals surface area contributed by atoms with E-state index in [-0.39, 0.29) is 17.2 Å². The lowest BCUT2D eigenvalue weighted by Gasteiger charge is -2.12. The summed E-state index contributed by atoms with van der Waals surface area (Å²) < 4.78 is 6.33. The van der Waals surface area contributed by atoms with Crippen LogP contribution in [0.3, 0.4) is 0 Å². The first-order valence-corrected chi connectivity index (χ1v) is 5.81. The van der Waals surface area contributed by atoms with Gasteiger partial charge in [0.15, 0.2) is 6.04 Å². The third-order valence-corrected chi connectivity index (χ3v) is 2.52. The van der Waals surface area contributed by atoms with E-state index in [1.165, 1.54) is 18.0 Å². The van der Waals surface area contributed by atoms with Crippen molar-refractivity contribution in [2.24, 2.45) is 7.05 Å². The third kappa shape index (κ3) is 3.12. The Morgan fingerprint density at radius 2 is 2.25 bits per heavy atom. The van der Waals surface area contributed by atoms with Crippen LogP contribution in [0.25, 0.3) is 0 Å². The first-order chi connectivity index (χ1) is 9.49. The highest BCUT2D eigenvalue weighted by molar-refractivity contribution is 6.28. The van der Waals surface area contributed by atoms with Crippen molar-refractivity contribution >= 4 is 23.5 Å². The SMILES string of the molecule is COc1nc(Cl)nc(NC(C(=O)O)c2cnn(C)c2)n1. The highest BCUT2D eigenvalue weighted by Gasteiger charge is 2.23. The van der Waals surface area contributed by atoms with Gasteiger partial charge in [-0.25, -0.2) is 4.79 Å². The molecule has 1 atom stereocenters. The van der Waals surface area contributed by atoms with Gasteiger partial charge in [-0.2, -0.15) is 20.1 Å². The summed E-state index contributed by atoms with van der Waals surface area (Å²) in [5.74, 6) is -1.10. The van der Waals surface area contributed by atoms with E-state index in [0.29, 0.717) is 5.56 Å². The van der Waals surface area contributed by atoms with Crippen molar-refractivity contribution in [2.75, 3.05) is 12.4 Å². The van der Waals surface area contributed by atoms with Gasteiger partial charge in [-0.05, 0) is 11.6 Å². The summed E-state index contributed by atoms with van der Waals surface area (Å²) in [4.78, 5) is 22.7. The van der Waals surface area contributed by atoms with Crippen molar-refractivity contribution in [3.63, 3.8) is 0 Å². The Balaban J connectivity index is 2.29. The molecular weight excluding hydrogens is 288 g/mol. The molecule has 20 heavy (non-hydrogen) atoms. The number of ether oxygens (including phenoxy) is 1. The van der Waals surface area contributed by atoms with E-state index in [1.807, 2.05) is 0 Å². The Hall–Kier alpha value is -2.42. The van der Waals surface area contributed by atoms with Crippen LogP contribution in [0.5, 0.6) is 6.01 Å². The number of anilines is 1. The molecular formula is C10H11ClN6O3. The molecule has 0 saturated carbocycles. The van der Waals surface area contributed by atoms with Gasteiger partial charge in [0, 0.05) is 18.8 Å². The topological polar surface area (TPSA) is 115 Å². The summed E-state index contributed by atoms with van der Waals surface area (Å²) in [6.45, 7) is 0. The van der Waals surface area contributed by atoms with Gasteiger partial charge in [-0.1, -0.05) is 0 Å². The number of nitrogens with one attached hydrogen (secondary N) is 1. The highest BCUT2D eigenvalue weighted by Crippen LogP contribution is 2.19. The number of halogens is 1. The molecule has 0 aliphatic heterocycles. The first-order valence-electron chi connectivity index (χ1n) is 5.43. The number of hydrogen-bond acceptors (Lipinski definition) is 7. The summed E-state index contributed by atoms with van der Waals surface area (Å²) in [5, 5.41) is 15.7. The van der Waals surface area contributed by atoms with E-state index in [0.717, 1.165) is 0 Å². The predicted molar refractivity (Wildman–Crippen MR) is 68.6 cm³/mol. The molecule has 0 aliphatic carbocycles. The number of carboxylic acid groups (broad SMARTS) is 1. The molecule has 106 valence electrons. The Morgan fingerprint density at radius 1 is 1.50 bits per heavy atom. The second kappa shape index (κ2) is 5.70. The lowest BCUT2D eigenvalue weighted by Crippen LogP contribution is -2.21. The molecule has 2 rings (SSSR count). The molecule has 2 heterocycles. The minimum atomic E-state index is -1.10. The lowest BCUT2D eigenvalue weighted by atomic mass is 10.2. The lowest BCUT2D eigenvalue weighted by molar-refractivity contribution is -0.138. The van der Waals surface area contributed by atoms with Gasteiger partial charge in [0.2, 0.25) is 11.2 Å². The molecule has 2 aromatic rings. The third-order valence-electron chi connectivity index (χ3n) is 2.35. The van der Waals surface area contributed by atoms with Crippen molar-refractivity contribution in [2.45, 2.75) is 6.04 Å². The van der Waals surface area contributed by atoms with Crippen molar-refractivity contribution in [1.82, 2.24) is 24.7 Å². The van der Waals surface area contributed by atoms with E-state index in [9.17, 15) is 9.90 Å². The summed E-state index contributed by atoms with van der Waals surface area (Å²) >= 11 is 5.70. The van der Waals surface area contributed by atoms with Crippen LogP contribution in [-0.4, -0.2) is 42.9 Å². The minimum Gasteiger partial charge on any atom is -0.479 e. The zero-order chi connectivity index (χ0) is 14.7. The van der Waals surface area contributed by atoms with Gasteiger partial charge in [0.1, 0.15) is 0 Å². The van der Waals surface area contributed by atoms with Crippen LogP contribution in [-0.2, 0) is 11.8 Å². The molecule has 0 aliphatic rings. The van der Waals surface area contributed by atoms with Crippen molar-refractivity contribution < 1.29 is 14.6 Å². The van der Waals surface area contributed by atoms with Crippen LogP contribution in [0.15, 0.2) is 12.4 Å². The van der Waals surface area contributed by atoms with E-state index in [2.05, 4.69) is 25.4 Å². The number of carbonyl (C=O) groups is 1. The Bertz CT molecular complexity index is 631. The fourth-order valence-electron chi connectivity index (χ4n) is 1.49. The van der Waals surface area contributed by atoms with E-state index in [1.54, 1.807) is 13.2 Å². The zero-order valence-corrected chi connectivity index (χ0v) is 11.4. The minimum absolute atomic E-state index is 0.00176. The number of nitrogens with zero attached hydrogens (tertiary/aromatic N) is 5. The summed E-state index contributed by atoms with van der Waals surface area (Å²) in [5.41, 5.74) is 0.454. The van der Waals surface area contributed by atoms with Crippen LogP contribution >= 0.6 is 11.6 Å². The largest absolute Gasteiger partial charge is 0.479 e. The molecule has 0 fully saturated rings. The molecule has 10 heteroatoms. The second-order valence-electron chi connectivity index (χ2n) is 3.78. The van der Waals surface area contributed by atoms with Crippen molar-refractivity contribution in [1.29, 1.82) is 0 Å². The first kappa shape index (κ1) is 14.0. The number of aromatic nitrogens is 5. The quantitative estimate of drug-likeness (QED) is 0.820. The maximum Gasteiger partial charge on any atom is 0.331 e. The van der Waals surface area contributed by atoms with Crippen molar-refractivity contribution in [3.05, 3.63) is 23.2 Å². The molecule has 0 saturated heterocycles. The van der Waals surface area contributed by atoms with Crippen LogP contribution in [0.4, 0.5) is 5.95 Å². The maximum absolute atomic E-state index is 11.3. The maximum atomic E-state index is 11.3. The number of carboxylic acids is 1. The molecule has 1 unspecified atom stereocenters. The molecule has 0 aromatic carbocycles. The monoisotopic (exact) mass is 298 g/mol. The highest BCUT2D eigenvalue weighted by atomic mass is 35.5. The average Bonchev–Trinajstić information content (AvgIpc) is 2.81. The van der Waals surface area contributed by atoms with E-state index < -0.39 is 12.0 Å². The van der Waals surface area contributed by atoms with Gasteiger partial charge in [-0.3, -0.25) is 4.68 Å². The number of hydrogen-bond donors (Lipinski definition) is 2. The molecule has 0 bridgehead atoms. The Labute approximate surface area is 118 Å². The molecule has 0 spiro atoms. The van der Waals surface area contributed by atoms with Crippen LogP contribution in [0, 0.1) is 0 Å². The molecule has 0 radical (unpaired) electrons. The van der Waals surface area contributed by atoms with Gasteiger partial charge in [-0.15, -0.1) is 0 Å². The predicted octanol–water partition coefficient (Wildman–Crippen LogP) is 0.505. The fraction of sp³-hybridized carbons (Fsp3) is 0.300. The molecule has 0 amide bonds. The molecule has 2 aromatic heterocycles. The number of methoxy groups -OCH3 is 1. The normalized spacial score (nSPS) is 11.9. The smallest absolute Gasteiger partial charge is 0.331 e. The van der Waals surface area contributed by atoms with E-state index >= 15 is 0 Å².